The molecule has 1 aromatic carbocycles. The monoisotopic (exact) mass is 273 g/mol. The smallest absolute Gasteiger partial charge is 0.327 e. The predicted octanol–water partition coefficient (Wildman–Crippen LogP) is 2.24. The minimum atomic E-state index is -1.13. The fraction of sp³-hybridized carbons (Fsp3) is 0.375. The molecule has 1 aromatic rings. The van der Waals surface area contributed by atoms with Crippen LogP contribution in [0, 0.1) is 12.3 Å². The highest BCUT2D eigenvalue weighted by Gasteiger charge is 2.19. The fourth-order valence-corrected chi connectivity index (χ4v) is 1.76. The van der Waals surface area contributed by atoms with E-state index in [9.17, 15) is 9.59 Å². The Bertz CT molecular complexity index is 499. The van der Waals surface area contributed by atoms with E-state index in [0.717, 1.165) is 19.3 Å². The van der Waals surface area contributed by atoms with Gasteiger partial charge in [-0.2, -0.15) is 0 Å². The molecular weight excluding hydrogens is 254 g/mol. The first kappa shape index (κ1) is 15.8. The molecule has 0 saturated carbocycles. The van der Waals surface area contributed by atoms with E-state index in [1.54, 1.807) is 12.1 Å². The number of carboxylic acids is 1. The summed E-state index contributed by atoms with van der Waals surface area (Å²) in [5, 5.41) is 11.3. The normalized spacial score (nSPS) is 11.4. The van der Waals surface area contributed by atoms with Crippen LogP contribution in [0.5, 0.6) is 0 Å². The maximum Gasteiger partial charge on any atom is 0.327 e. The zero-order chi connectivity index (χ0) is 15.0. The lowest BCUT2D eigenvalue weighted by atomic mass is 10.1. The van der Waals surface area contributed by atoms with Gasteiger partial charge in [-0.1, -0.05) is 25.5 Å². The molecule has 20 heavy (non-hydrogen) atoms. The Kier molecular flexibility index (Phi) is 6.31. The van der Waals surface area contributed by atoms with Crippen molar-refractivity contribution in [3.63, 3.8) is 0 Å². The Labute approximate surface area is 119 Å². The number of benzene rings is 1. The van der Waals surface area contributed by atoms with Crippen molar-refractivity contribution >= 4 is 11.9 Å². The Hall–Kier alpha value is -2.28. The Morgan fingerprint density at radius 2 is 2.00 bits per heavy atom. The van der Waals surface area contributed by atoms with E-state index in [-0.39, 0.29) is 6.42 Å². The molecule has 0 bridgehead atoms. The van der Waals surface area contributed by atoms with E-state index < -0.39 is 17.9 Å². The summed E-state index contributed by atoms with van der Waals surface area (Å²) in [6, 6.07) is 6.14. The molecule has 0 aliphatic rings. The maximum absolute atomic E-state index is 11.9. The molecule has 0 radical (unpaired) electrons. The molecule has 0 heterocycles. The highest BCUT2D eigenvalue weighted by atomic mass is 16.4. The van der Waals surface area contributed by atoms with Crippen molar-refractivity contribution in [2.24, 2.45) is 0 Å². The Morgan fingerprint density at radius 3 is 2.50 bits per heavy atom. The maximum atomic E-state index is 11.9. The van der Waals surface area contributed by atoms with Gasteiger partial charge in [0, 0.05) is 12.0 Å². The predicted molar refractivity (Wildman–Crippen MR) is 77.4 cm³/mol. The van der Waals surface area contributed by atoms with Gasteiger partial charge in [0.2, 0.25) is 0 Å². The third kappa shape index (κ3) is 4.77. The zero-order valence-corrected chi connectivity index (χ0v) is 11.6. The summed E-state index contributed by atoms with van der Waals surface area (Å²) >= 11 is 0. The molecule has 4 heteroatoms. The second-order valence-electron chi connectivity index (χ2n) is 4.57. The van der Waals surface area contributed by atoms with Gasteiger partial charge in [0.25, 0.3) is 5.91 Å². The molecule has 0 fully saturated rings. The number of aliphatic carboxylic acids is 1. The molecular formula is C16H19NO3. The third-order valence-corrected chi connectivity index (χ3v) is 2.96. The van der Waals surface area contributed by atoms with Gasteiger partial charge in [-0.15, -0.1) is 12.3 Å². The van der Waals surface area contributed by atoms with Crippen LogP contribution in [-0.4, -0.2) is 23.0 Å². The largest absolute Gasteiger partial charge is 0.480 e. The lowest BCUT2D eigenvalue weighted by Gasteiger charge is -2.12. The van der Waals surface area contributed by atoms with E-state index in [2.05, 4.69) is 18.2 Å². The summed E-state index contributed by atoms with van der Waals surface area (Å²) in [4.78, 5) is 22.8. The summed E-state index contributed by atoms with van der Waals surface area (Å²) in [7, 11) is 0. The van der Waals surface area contributed by atoms with Gasteiger partial charge in [0.15, 0.2) is 0 Å². The first-order chi connectivity index (χ1) is 9.58. The lowest BCUT2D eigenvalue weighted by Crippen LogP contribution is -2.40. The molecule has 0 saturated heterocycles. The molecule has 1 unspecified atom stereocenters. The molecule has 1 atom stereocenters. The van der Waals surface area contributed by atoms with E-state index in [0.29, 0.717) is 5.56 Å². The second-order valence-corrected chi connectivity index (χ2v) is 4.57. The van der Waals surface area contributed by atoms with Crippen molar-refractivity contribution in [1.29, 1.82) is 0 Å². The van der Waals surface area contributed by atoms with Crippen LogP contribution < -0.4 is 5.32 Å². The average molecular weight is 273 g/mol. The minimum Gasteiger partial charge on any atom is -0.480 e. The van der Waals surface area contributed by atoms with Crippen LogP contribution in [0.2, 0.25) is 0 Å². The quantitative estimate of drug-likeness (QED) is 0.749. The van der Waals surface area contributed by atoms with Crippen LogP contribution in [-0.2, 0) is 11.2 Å². The van der Waals surface area contributed by atoms with Crippen LogP contribution in [0.4, 0.5) is 0 Å². The number of aryl methyl sites for hydroxylation is 1. The van der Waals surface area contributed by atoms with E-state index in [4.69, 9.17) is 11.5 Å². The molecule has 1 amide bonds. The summed E-state index contributed by atoms with van der Waals surface area (Å²) in [5.74, 6) is 0.692. The molecule has 0 aliphatic heterocycles. The lowest BCUT2D eigenvalue weighted by molar-refractivity contribution is -0.139. The zero-order valence-electron chi connectivity index (χ0n) is 11.6. The second kappa shape index (κ2) is 8.00. The number of hydrogen-bond acceptors (Lipinski definition) is 2. The highest BCUT2D eigenvalue weighted by molar-refractivity contribution is 5.96. The first-order valence-corrected chi connectivity index (χ1v) is 6.64. The number of carboxylic acid groups (broad SMARTS) is 1. The Morgan fingerprint density at radius 1 is 1.35 bits per heavy atom. The van der Waals surface area contributed by atoms with Gasteiger partial charge in [0.05, 0.1) is 0 Å². The Balaban J connectivity index is 2.67. The number of rotatable bonds is 7. The SMILES string of the molecule is C#CCC(NC(=O)c1ccc(CCCC)cc1)C(=O)O. The van der Waals surface area contributed by atoms with Crippen LogP contribution in [0.1, 0.15) is 42.1 Å². The molecule has 0 spiro atoms. The van der Waals surface area contributed by atoms with Crippen molar-refractivity contribution in [2.75, 3.05) is 0 Å². The van der Waals surface area contributed by atoms with Gasteiger partial charge >= 0.3 is 5.97 Å². The van der Waals surface area contributed by atoms with Crippen LogP contribution in [0.25, 0.3) is 0 Å². The molecule has 0 aromatic heterocycles. The first-order valence-electron chi connectivity index (χ1n) is 6.64. The molecule has 4 nitrogen and oxygen atoms in total. The van der Waals surface area contributed by atoms with Crippen LogP contribution >= 0.6 is 0 Å². The number of nitrogens with one attached hydrogen (secondary N) is 1. The van der Waals surface area contributed by atoms with Gasteiger partial charge in [-0.3, -0.25) is 4.79 Å². The van der Waals surface area contributed by atoms with Gasteiger partial charge in [-0.05, 0) is 30.5 Å². The topological polar surface area (TPSA) is 66.4 Å². The van der Waals surface area contributed by atoms with Gasteiger partial charge in [-0.25, -0.2) is 4.79 Å². The van der Waals surface area contributed by atoms with E-state index in [1.165, 1.54) is 5.56 Å². The number of carbonyl (C=O) groups is 2. The summed E-state index contributed by atoms with van der Waals surface area (Å²) in [6.45, 7) is 2.12. The number of terminal acetylenes is 1. The fourth-order valence-electron chi connectivity index (χ4n) is 1.76. The van der Waals surface area contributed by atoms with Crippen molar-refractivity contribution < 1.29 is 14.7 Å². The summed E-state index contributed by atoms with van der Waals surface area (Å²) in [6.07, 6.45) is 8.26. The molecule has 106 valence electrons. The van der Waals surface area contributed by atoms with Crippen molar-refractivity contribution in [1.82, 2.24) is 5.32 Å². The third-order valence-electron chi connectivity index (χ3n) is 2.96. The number of hydrogen-bond donors (Lipinski definition) is 2. The van der Waals surface area contributed by atoms with Crippen molar-refractivity contribution in [3.8, 4) is 12.3 Å². The summed E-state index contributed by atoms with van der Waals surface area (Å²) < 4.78 is 0. The number of carbonyl (C=O) groups excluding carboxylic acids is 1. The van der Waals surface area contributed by atoms with Crippen LogP contribution in [0.15, 0.2) is 24.3 Å². The molecule has 1 rings (SSSR count). The van der Waals surface area contributed by atoms with Crippen molar-refractivity contribution in [2.45, 2.75) is 38.6 Å². The van der Waals surface area contributed by atoms with Gasteiger partial charge in [0.1, 0.15) is 6.04 Å². The minimum absolute atomic E-state index is 0.0321. The standard InChI is InChI=1S/C16H19NO3/c1-3-5-7-12-8-10-13(11-9-12)15(18)17-14(6-4-2)16(19)20/h2,8-11,14H,3,5-7H2,1H3,(H,17,18)(H,19,20). The summed E-state index contributed by atoms with van der Waals surface area (Å²) in [5.41, 5.74) is 1.61. The van der Waals surface area contributed by atoms with Crippen LogP contribution in [0.3, 0.4) is 0 Å². The van der Waals surface area contributed by atoms with E-state index in [1.807, 2.05) is 12.1 Å². The number of unbranched alkanes of at least 4 members (excludes halogenated alkanes) is 1. The molecule has 0 aliphatic carbocycles. The number of amides is 1. The van der Waals surface area contributed by atoms with Gasteiger partial charge < -0.3 is 10.4 Å². The average Bonchev–Trinajstić information content (AvgIpc) is 2.45. The molecule has 2 N–H and O–H groups in total. The highest BCUT2D eigenvalue weighted by Crippen LogP contribution is 2.08. The van der Waals surface area contributed by atoms with E-state index >= 15 is 0 Å². The van der Waals surface area contributed by atoms with Crippen molar-refractivity contribution in [3.05, 3.63) is 35.4 Å².